The number of fused-ring (bicyclic) bond motifs is 1. The summed E-state index contributed by atoms with van der Waals surface area (Å²) < 4.78 is 18.2. The molecule has 0 saturated heterocycles. The van der Waals surface area contributed by atoms with Crippen LogP contribution < -0.4 is 10.1 Å². The van der Waals surface area contributed by atoms with Crippen molar-refractivity contribution in [3.63, 3.8) is 0 Å². The number of rotatable bonds is 12. The maximum absolute atomic E-state index is 13.7. The third-order valence-corrected chi connectivity index (χ3v) is 10.1. The topological polar surface area (TPSA) is 141 Å². The second kappa shape index (κ2) is 16.2. The number of benzene rings is 5. The highest BCUT2D eigenvalue weighted by molar-refractivity contribution is 7.99. The zero-order chi connectivity index (χ0) is 38.4. The van der Waals surface area contributed by atoms with Crippen LogP contribution in [-0.4, -0.2) is 62.7 Å². The third-order valence-electron chi connectivity index (χ3n) is 9.18. The van der Waals surface area contributed by atoms with Gasteiger partial charge in [0.15, 0.2) is 17.5 Å². The lowest BCUT2D eigenvalue weighted by atomic mass is 9.97. The van der Waals surface area contributed by atoms with Gasteiger partial charge in [0.25, 0.3) is 5.91 Å². The Morgan fingerprint density at radius 2 is 1.64 bits per heavy atom. The molecule has 1 atom stereocenters. The van der Waals surface area contributed by atoms with Gasteiger partial charge in [-0.3, -0.25) is 14.2 Å². The van der Waals surface area contributed by atoms with E-state index in [9.17, 15) is 14.4 Å². The van der Waals surface area contributed by atoms with Crippen molar-refractivity contribution in [2.75, 3.05) is 24.8 Å². The van der Waals surface area contributed by atoms with Crippen molar-refractivity contribution in [3.05, 3.63) is 156 Å². The lowest BCUT2D eigenvalue weighted by Gasteiger charge is -2.22. The molecule has 0 bridgehead atoms. The van der Waals surface area contributed by atoms with Gasteiger partial charge < -0.3 is 19.2 Å². The monoisotopic (exact) mass is 762 g/mol. The third kappa shape index (κ3) is 7.79. The van der Waals surface area contributed by atoms with E-state index in [4.69, 9.17) is 19.0 Å². The number of para-hydroxylation sites is 1. The number of nitrogens with zero attached hydrogens (tertiary/aromatic N) is 5. The predicted octanol–water partition coefficient (Wildman–Crippen LogP) is 7.95. The lowest BCUT2D eigenvalue weighted by Crippen LogP contribution is -2.31. The Balaban J connectivity index is 0.926. The van der Waals surface area contributed by atoms with Gasteiger partial charge in [0.05, 0.1) is 36.4 Å². The van der Waals surface area contributed by atoms with Gasteiger partial charge in [-0.15, -0.1) is 10.2 Å². The van der Waals surface area contributed by atoms with E-state index in [-0.39, 0.29) is 17.2 Å². The molecule has 13 heteroatoms. The summed E-state index contributed by atoms with van der Waals surface area (Å²) in [6.45, 7) is -0.532. The zero-order valence-electron chi connectivity index (χ0n) is 30.1. The second-order valence-electron chi connectivity index (χ2n) is 12.8. The van der Waals surface area contributed by atoms with E-state index in [1.165, 1.54) is 22.8 Å². The highest BCUT2D eigenvalue weighted by Gasteiger charge is 2.34. The molecule has 0 fully saturated rings. The van der Waals surface area contributed by atoms with Gasteiger partial charge in [-0.2, -0.15) is 5.10 Å². The van der Waals surface area contributed by atoms with Crippen molar-refractivity contribution >= 4 is 51.7 Å². The van der Waals surface area contributed by atoms with E-state index in [0.29, 0.717) is 34.6 Å². The van der Waals surface area contributed by atoms with Crippen molar-refractivity contribution in [2.24, 2.45) is 5.10 Å². The molecule has 2 amide bonds. The summed E-state index contributed by atoms with van der Waals surface area (Å²) >= 11 is 1.21. The van der Waals surface area contributed by atoms with Crippen LogP contribution in [0.25, 0.3) is 28.0 Å². The molecule has 56 heavy (non-hydrogen) atoms. The first-order valence-corrected chi connectivity index (χ1v) is 18.7. The van der Waals surface area contributed by atoms with Crippen molar-refractivity contribution in [1.29, 1.82) is 0 Å². The average molecular weight is 763 g/mol. The Kier molecular flexibility index (Phi) is 10.4. The molecule has 1 aliphatic heterocycles. The molecular weight excluding hydrogens is 729 g/mol. The molecule has 8 rings (SSSR count). The summed E-state index contributed by atoms with van der Waals surface area (Å²) in [6, 6.07) is 40.7. The smallest absolute Gasteiger partial charge is 0.338 e. The number of methoxy groups -OCH3 is 1. The normalized spacial score (nSPS) is 13.7. The van der Waals surface area contributed by atoms with Crippen LogP contribution >= 0.6 is 11.8 Å². The summed E-state index contributed by atoms with van der Waals surface area (Å²) in [5, 5.41) is 20.3. The molecule has 1 N–H and O–H groups in total. The molecule has 0 spiro atoms. The average Bonchev–Trinajstić information content (AvgIpc) is 4.03. The van der Waals surface area contributed by atoms with Gasteiger partial charge in [0, 0.05) is 17.8 Å². The lowest BCUT2D eigenvalue weighted by molar-refractivity contribution is -0.136. The van der Waals surface area contributed by atoms with Crippen LogP contribution in [0, 0.1) is 0 Å². The van der Waals surface area contributed by atoms with E-state index < -0.39 is 24.5 Å². The first-order valence-electron chi connectivity index (χ1n) is 17.7. The Labute approximate surface area is 325 Å². The number of carbonyl (C=O) groups excluding carboxylic acids is 3. The minimum atomic E-state index is -0.718. The SMILES string of the molecule is COc1ccc(C2CC(c3ccc4ccccc4c3)=NN2C(=O)COC(=O)c2cccc(NC(=O)CSc3nnc(-c4ccco4)n3-c3ccccc3)c2)cc1. The van der Waals surface area contributed by atoms with Crippen LogP contribution in [0.2, 0.25) is 0 Å². The number of hydrogen-bond acceptors (Lipinski definition) is 10. The molecule has 1 aliphatic rings. The Morgan fingerprint density at radius 3 is 2.43 bits per heavy atom. The number of aromatic nitrogens is 3. The number of nitrogens with one attached hydrogen (secondary N) is 1. The highest BCUT2D eigenvalue weighted by atomic mass is 32.2. The van der Waals surface area contributed by atoms with Crippen LogP contribution in [0.15, 0.2) is 154 Å². The van der Waals surface area contributed by atoms with Crippen LogP contribution in [-0.2, 0) is 14.3 Å². The largest absolute Gasteiger partial charge is 0.497 e. The Bertz CT molecular complexity index is 2550. The number of amides is 2. The van der Waals surface area contributed by atoms with Crippen LogP contribution in [0.3, 0.4) is 0 Å². The van der Waals surface area contributed by atoms with E-state index in [1.807, 2.05) is 95.6 Å². The molecule has 0 radical (unpaired) electrons. The van der Waals surface area contributed by atoms with Crippen LogP contribution in [0.5, 0.6) is 5.75 Å². The highest BCUT2D eigenvalue weighted by Crippen LogP contribution is 2.35. The molecule has 7 aromatic rings. The van der Waals surface area contributed by atoms with Gasteiger partial charge in [0.1, 0.15) is 5.75 Å². The number of esters is 1. The zero-order valence-corrected chi connectivity index (χ0v) is 30.9. The molecule has 12 nitrogen and oxygen atoms in total. The first kappa shape index (κ1) is 36.0. The molecule has 3 heterocycles. The minimum Gasteiger partial charge on any atom is -0.497 e. The maximum Gasteiger partial charge on any atom is 0.338 e. The number of ether oxygens (including phenoxy) is 2. The molecule has 278 valence electrons. The number of hydrogen-bond donors (Lipinski definition) is 1. The number of furan rings is 1. The first-order chi connectivity index (χ1) is 27.4. The summed E-state index contributed by atoms with van der Waals surface area (Å²) in [7, 11) is 1.60. The minimum absolute atomic E-state index is 0.0131. The van der Waals surface area contributed by atoms with Crippen LogP contribution in [0.1, 0.15) is 33.9 Å². The quantitative estimate of drug-likeness (QED) is 0.0970. The van der Waals surface area contributed by atoms with Gasteiger partial charge in [-0.25, -0.2) is 9.80 Å². The summed E-state index contributed by atoms with van der Waals surface area (Å²) in [6.07, 6.45) is 2.03. The number of thioether (sulfide) groups is 1. The fourth-order valence-corrected chi connectivity index (χ4v) is 7.19. The van der Waals surface area contributed by atoms with E-state index in [2.05, 4.69) is 21.6 Å². The molecule has 0 aliphatic carbocycles. The molecule has 0 saturated carbocycles. The molecule has 5 aromatic carbocycles. The van der Waals surface area contributed by atoms with E-state index in [0.717, 1.165) is 33.3 Å². The van der Waals surface area contributed by atoms with Gasteiger partial charge in [0.2, 0.25) is 11.7 Å². The second-order valence-corrected chi connectivity index (χ2v) is 13.7. The van der Waals surface area contributed by atoms with E-state index >= 15 is 0 Å². The van der Waals surface area contributed by atoms with Crippen molar-refractivity contribution < 1.29 is 28.3 Å². The summed E-state index contributed by atoms with van der Waals surface area (Å²) in [4.78, 5) is 40.0. The fraction of sp³-hybridized carbons (Fsp3) is 0.116. The molecular formula is C43H34N6O6S. The molecule has 2 aromatic heterocycles. The van der Waals surface area contributed by atoms with Gasteiger partial charge >= 0.3 is 5.97 Å². The predicted molar refractivity (Wildman–Crippen MR) is 213 cm³/mol. The number of hydrazone groups is 1. The van der Waals surface area contributed by atoms with Gasteiger partial charge in [-0.05, 0) is 82.6 Å². The fourth-order valence-electron chi connectivity index (χ4n) is 6.44. The Morgan fingerprint density at radius 1 is 0.839 bits per heavy atom. The van der Waals surface area contributed by atoms with Gasteiger partial charge in [-0.1, -0.05) is 84.6 Å². The number of anilines is 1. The summed E-state index contributed by atoms with van der Waals surface area (Å²) in [5.74, 6) is 0.236. The van der Waals surface area contributed by atoms with Crippen molar-refractivity contribution in [3.8, 4) is 23.0 Å². The van der Waals surface area contributed by atoms with Crippen molar-refractivity contribution in [1.82, 2.24) is 19.8 Å². The van der Waals surface area contributed by atoms with E-state index in [1.54, 1.807) is 43.7 Å². The summed E-state index contributed by atoms with van der Waals surface area (Å²) in [5.41, 5.74) is 3.89. The standard InChI is InChI=1S/C43H34N6O6S/c1-53-35-20-18-29(19-21-35)37-25-36(31-17-16-28-9-5-6-10-30(28)23-31)47-49(37)40(51)26-55-42(52)32-11-7-12-33(24-32)44-39(50)27-56-43-46-45-41(38-15-8-22-54-38)48(43)34-13-3-2-4-14-34/h2-24,37H,25-27H2,1H3,(H,44,50). The maximum atomic E-state index is 13.7. The van der Waals surface area contributed by atoms with Crippen molar-refractivity contribution in [2.45, 2.75) is 17.6 Å². The Hall–Kier alpha value is -6.99. The van der Waals surface area contributed by atoms with Crippen LogP contribution in [0.4, 0.5) is 5.69 Å². The number of carbonyl (C=O) groups is 3. The molecule has 1 unspecified atom stereocenters.